The molecular formula is C12H15Cl2N. The molecule has 0 unspecified atom stereocenters. The molecule has 3 heteroatoms. The van der Waals surface area contributed by atoms with E-state index in [-0.39, 0.29) is 0 Å². The lowest BCUT2D eigenvalue weighted by Crippen LogP contribution is -2.14. The van der Waals surface area contributed by atoms with E-state index >= 15 is 0 Å². The lowest BCUT2D eigenvalue weighted by molar-refractivity contribution is 0.695. The Bertz CT molecular complexity index is 334. The second kappa shape index (κ2) is 6.89. The highest BCUT2D eigenvalue weighted by atomic mass is 35.5. The lowest BCUT2D eigenvalue weighted by Gasteiger charge is -2.05. The summed E-state index contributed by atoms with van der Waals surface area (Å²) >= 11 is 11.8. The van der Waals surface area contributed by atoms with E-state index in [1.165, 1.54) is 0 Å². The van der Waals surface area contributed by atoms with Crippen LogP contribution >= 0.6 is 23.2 Å². The molecule has 0 amide bonds. The summed E-state index contributed by atoms with van der Waals surface area (Å²) in [6, 6.07) is 5.58. The quantitative estimate of drug-likeness (QED) is 0.608. The third-order valence-electron chi connectivity index (χ3n) is 2.05. The molecule has 0 fully saturated rings. The normalized spacial score (nSPS) is 11.1. The number of benzene rings is 1. The molecule has 0 radical (unpaired) electrons. The van der Waals surface area contributed by atoms with Crippen LogP contribution in [0.3, 0.4) is 0 Å². The molecule has 0 aliphatic heterocycles. The minimum absolute atomic E-state index is 0.678. The van der Waals surface area contributed by atoms with Gasteiger partial charge in [-0.25, -0.2) is 0 Å². The fourth-order valence-electron chi connectivity index (χ4n) is 1.24. The van der Waals surface area contributed by atoms with Gasteiger partial charge in [-0.3, -0.25) is 0 Å². The fourth-order valence-corrected chi connectivity index (χ4v) is 1.72. The van der Waals surface area contributed by atoms with Gasteiger partial charge in [-0.15, -0.1) is 0 Å². The number of rotatable bonds is 5. The monoisotopic (exact) mass is 243 g/mol. The zero-order valence-electron chi connectivity index (χ0n) is 8.76. The van der Waals surface area contributed by atoms with Gasteiger partial charge in [0.1, 0.15) is 0 Å². The van der Waals surface area contributed by atoms with Crippen molar-refractivity contribution in [2.75, 3.05) is 6.54 Å². The molecule has 15 heavy (non-hydrogen) atoms. The van der Waals surface area contributed by atoms with E-state index in [1.54, 1.807) is 6.07 Å². The number of halogens is 2. The van der Waals surface area contributed by atoms with Crippen LogP contribution in [0, 0.1) is 0 Å². The summed E-state index contributed by atoms with van der Waals surface area (Å²) in [6.45, 7) is 3.77. The predicted octanol–water partition coefficient (Wildman–Crippen LogP) is 4.05. The second-order valence-electron chi connectivity index (χ2n) is 3.27. The Morgan fingerprint density at radius 3 is 2.80 bits per heavy atom. The van der Waals surface area contributed by atoms with Crippen LogP contribution in [0.15, 0.2) is 30.4 Å². The van der Waals surface area contributed by atoms with Crippen molar-refractivity contribution in [2.24, 2.45) is 0 Å². The van der Waals surface area contributed by atoms with Gasteiger partial charge in [0.15, 0.2) is 0 Å². The van der Waals surface area contributed by atoms with Crippen molar-refractivity contribution in [1.29, 1.82) is 0 Å². The van der Waals surface area contributed by atoms with Crippen LogP contribution in [0.2, 0.25) is 10.0 Å². The van der Waals surface area contributed by atoms with Gasteiger partial charge in [-0.1, -0.05) is 41.4 Å². The minimum Gasteiger partial charge on any atom is -0.312 e. The number of hydrogen-bond donors (Lipinski definition) is 1. The molecule has 0 spiro atoms. The molecule has 0 atom stereocenters. The van der Waals surface area contributed by atoms with Gasteiger partial charge in [-0.2, -0.15) is 0 Å². The zero-order chi connectivity index (χ0) is 11.1. The molecule has 0 heterocycles. The molecule has 0 bridgehead atoms. The topological polar surface area (TPSA) is 12.0 Å². The van der Waals surface area contributed by atoms with Gasteiger partial charge in [0.05, 0.1) is 0 Å². The Balaban J connectivity index is 2.37. The Hall–Kier alpha value is -0.500. The van der Waals surface area contributed by atoms with Crippen LogP contribution in [0.25, 0.3) is 0 Å². The first-order chi connectivity index (χ1) is 7.24. The minimum atomic E-state index is 0.678. The maximum Gasteiger partial charge on any atom is 0.0465 e. The molecular weight excluding hydrogens is 229 g/mol. The summed E-state index contributed by atoms with van der Waals surface area (Å²) in [4.78, 5) is 0. The van der Waals surface area contributed by atoms with Crippen LogP contribution in [0.5, 0.6) is 0 Å². The third kappa shape index (κ3) is 4.70. The Labute approximate surface area is 101 Å². The van der Waals surface area contributed by atoms with E-state index in [9.17, 15) is 0 Å². The first kappa shape index (κ1) is 12.6. The first-order valence-electron chi connectivity index (χ1n) is 5.00. The highest BCUT2D eigenvalue weighted by Crippen LogP contribution is 2.20. The van der Waals surface area contributed by atoms with E-state index < -0.39 is 0 Å². The summed E-state index contributed by atoms with van der Waals surface area (Å²) in [6.07, 6.45) is 5.23. The Kier molecular flexibility index (Phi) is 5.77. The standard InChI is InChI=1S/C12H15Cl2N/c1-2-3-4-7-15-9-10-5-6-11(13)8-12(10)14/h2-3,5-6,8,15H,4,7,9H2,1H3/b3-2+. The average Bonchev–Trinajstić information content (AvgIpc) is 2.20. The fraction of sp³-hybridized carbons (Fsp3) is 0.333. The van der Waals surface area contributed by atoms with Crippen LogP contribution in [-0.2, 0) is 6.54 Å². The number of hydrogen-bond acceptors (Lipinski definition) is 1. The molecule has 82 valence electrons. The van der Waals surface area contributed by atoms with E-state index in [0.717, 1.165) is 30.1 Å². The molecule has 0 aromatic heterocycles. The predicted molar refractivity (Wildman–Crippen MR) is 67.6 cm³/mol. The highest BCUT2D eigenvalue weighted by molar-refractivity contribution is 6.35. The molecule has 1 rings (SSSR count). The largest absolute Gasteiger partial charge is 0.312 e. The molecule has 0 aliphatic carbocycles. The van der Waals surface area contributed by atoms with Crippen molar-refractivity contribution in [3.8, 4) is 0 Å². The first-order valence-corrected chi connectivity index (χ1v) is 5.75. The molecule has 0 aliphatic rings. The van der Waals surface area contributed by atoms with Crippen molar-refractivity contribution in [1.82, 2.24) is 5.32 Å². The van der Waals surface area contributed by atoms with Crippen LogP contribution in [0.1, 0.15) is 18.9 Å². The second-order valence-corrected chi connectivity index (χ2v) is 4.11. The molecule has 0 saturated carbocycles. The van der Waals surface area contributed by atoms with Crippen LogP contribution in [0.4, 0.5) is 0 Å². The number of nitrogens with one attached hydrogen (secondary N) is 1. The molecule has 1 N–H and O–H groups in total. The van der Waals surface area contributed by atoms with Gasteiger partial charge in [-0.05, 0) is 37.6 Å². The molecule has 0 saturated heterocycles. The summed E-state index contributed by atoms with van der Waals surface area (Å²) in [5.74, 6) is 0. The highest BCUT2D eigenvalue weighted by Gasteiger charge is 1.99. The van der Waals surface area contributed by atoms with Gasteiger partial charge in [0.2, 0.25) is 0 Å². The average molecular weight is 244 g/mol. The maximum absolute atomic E-state index is 6.03. The van der Waals surface area contributed by atoms with Gasteiger partial charge >= 0.3 is 0 Å². The van der Waals surface area contributed by atoms with Crippen molar-refractivity contribution in [3.05, 3.63) is 46.0 Å². The number of allylic oxidation sites excluding steroid dienone is 1. The van der Waals surface area contributed by atoms with Crippen molar-refractivity contribution in [2.45, 2.75) is 19.9 Å². The Morgan fingerprint density at radius 2 is 2.13 bits per heavy atom. The van der Waals surface area contributed by atoms with E-state index in [0.29, 0.717) is 5.02 Å². The van der Waals surface area contributed by atoms with Gasteiger partial charge in [0, 0.05) is 16.6 Å². The van der Waals surface area contributed by atoms with Gasteiger partial charge in [0.25, 0.3) is 0 Å². The van der Waals surface area contributed by atoms with Crippen LogP contribution in [-0.4, -0.2) is 6.54 Å². The van der Waals surface area contributed by atoms with Crippen LogP contribution < -0.4 is 5.32 Å². The van der Waals surface area contributed by atoms with Gasteiger partial charge < -0.3 is 5.32 Å². The van der Waals surface area contributed by atoms with Crippen molar-refractivity contribution >= 4 is 23.2 Å². The smallest absolute Gasteiger partial charge is 0.0465 e. The molecule has 1 aromatic carbocycles. The summed E-state index contributed by atoms with van der Waals surface area (Å²) in [7, 11) is 0. The third-order valence-corrected chi connectivity index (χ3v) is 2.64. The van der Waals surface area contributed by atoms with Crippen molar-refractivity contribution < 1.29 is 0 Å². The SMILES string of the molecule is C/C=C/CCNCc1ccc(Cl)cc1Cl. The molecule has 1 nitrogen and oxygen atoms in total. The van der Waals surface area contributed by atoms with E-state index in [1.807, 2.05) is 19.1 Å². The van der Waals surface area contributed by atoms with E-state index in [4.69, 9.17) is 23.2 Å². The molecule has 1 aromatic rings. The summed E-state index contributed by atoms with van der Waals surface area (Å²) < 4.78 is 0. The Morgan fingerprint density at radius 1 is 1.33 bits per heavy atom. The summed E-state index contributed by atoms with van der Waals surface area (Å²) in [5, 5.41) is 4.72. The zero-order valence-corrected chi connectivity index (χ0v) is 10.3. The summed E-state index contributed by atoms with van der Waals surface area (Å²) in [5.41, 5.74) is 1.08. The van der Waals surface area contributed by atoms with E-state index in [2.05, 4.69) is 17.5 Å². The lowest BCUT2D eigenvalue weighted by atomic mass is 10.2. The van der Waals surface area contributed by atoms with Crippen molar-refractivity contribution in [3.63, 3.8) is 0 Å². The maximum atomic E-state index is 6.03.